The molecule has 36 heavy (non-hydrogen) atoms. The molecule has 4 rings (SSSR count). The van der Waals surface area contributed by atoms with Gasteiger partial charge in [0, 0.05) is 35.4 Å². The van der Waals surface area contributed by atoms with Crippen LogP contribution in [0.1, 0.15) is 92.8 Å². The van der Waals surface area contributed by atoms with Crippen molar-refractivity contribution in [3.63, 3.8) is 0 Å². The van der Waals surface area contributed by atoms with E-state index in [4.69, 9.17) is 22.1 Å². The van der Waals surface area contributed by atoms with Gasteiger partial charge in [-0.15, -0.1) is 0 Å². The first-order valence-electron chi connectivity index (χ1n) is 13.1. The summed E-state index contributed by atoms with van der Waals surface area (Å²) in [5, 5.41) is 1.82. The average molecular weight is 530 g/mol. The Labute approximate surface area is 225 Å². The first-order valence-corrected chi connectivity index (χ1v) is 14.5. The van der Waals surface area contributed by atoms with E-state index in [0.717, 1.165) is 65.2 Å². The van der Waals surface area contributed by atoms with Gasteiger partial charge in [-0.3, -0.25) is 9.10 Å². The monoisotopic (exact) mass is 529 g/mol. The van der Waals surface area contributed by atoms with Crippen LogP contribution in [0.3, 0.4) is 0 Å². The second-order valence-corrected chi connectivity index (χ2v) is 10.8. The zero-order chi connectivity index (χ0) is 26.2. The molecule has 0 saturated carbocycles. The standard InChI is InChI=1S/C27H34ClN3O2S.C2H6/c1-4-17(3)21-12-18(6-7-25(21)28)16-33-20-13-22-24(15-30-26(22)23(14-20)27(29)32)19-8-10-31(11-9-19)34-5-2;1-2/h6-7,12-15,17,19,30H,4-5,8-11,16H2,1-3H3,(H2,29,32);1-2H3. The fraction of sp³-hybridized carbons (Fsp3) is 0.483. The number of nitrogens with one attached hydrogen (secondary N) is 1. The number of primary amides is 1. The van der Waals surface area contributed by atoms with Crippen LogP contribution in [0.4, 0.5) is 0 Å². The first-order chi connectivity index (χ1) is 17.4. The minimum atomic E-state index is -0.455. The SMILES string of the molecule is CC.CCSN1CCC(c2c[nH]c3c(C(N)=O)cc(OCc4ccc(Cl)c(C(C)CC)c4)cc23)CC1. The molecule has 196 valence electrons. The summed E-state index contributed by atoms with van der Waals surface area (Å²) < 4.78 is 8.64. The van der Waals surface area contributed by atoms with Crippen molar-refractivity contribution in [1.82, 2.24) is 9.29 Å². The van der Waals surface area contributed by atoms with Crippen molar-refractivity contribution in [2.24, 2.45) is 5.73 Å². The number of ether oxygens (including phenoxy) is 1. The molecule has 1 atom stereocenters. The van der Waals surface area contributed by atoms with Crippen molar-refractivity contribution in [2.75, 3.05) is 18.8 Å². The molecule has 1 aromatic heterocycles. The second kappa shape index (κ2) is 13.4. The van der Waals surface area contributed by atoms with Crippen LogP contribution in [0.25, 0.3) is 10.9 Å². The number of hydrogen-bond acceptors (Lipinski definition) is 4. The van der Waals surface area contributed by atoms with E-state index in [1.54, 1.807) is 6.07 Å². The zero-order valence-electron chi connectivity index (χ0n) is 22.2. The quantitative estimate of drug-likeness (QED) is 0.276. The number of aromatic amines is 1. The lowest BCUT2D eigenvalue weighted by Gasteiger charge is -2.30. The fourth-order valence-electron chi connectivity index (χ4n) is 4.77. The maximum atomic E-state index is 12.3. The Morgan fingerprint density at radius 1 is 1.22 bits per heavy atom. The van der Waals surface area contributed by atoms with Crippen molar-refractivity contribution in [3.05, 3.63) is 63.8 Å². The van der Waals surface area contributed by atoms with Gasteiger partial charge < -0.3 is 15.5 Å². The fourth-order valence-corrected chi connectivity index (χ4v) is 5.91. The van der Waals surface area contributed by atoms with Gasteiger partial charge in [0.1, 0.15) is 12.4 Å². The molecule has 1 saturated heterocycles. The molecule has 0 bridgehead atoms. The third-order valence-corrected chi connectivity index (χ3v) is 8.21. The average Bonchev–Trinajstić information content (AvgIpc) is 3.33. The van der Waals surface area contributed by atoms with E-state index in [1.807, 2.05) is 50.2 Å². The van der Waals surface area contributed by atoms with Crippen molar-refractivity contribution >= 4 is 40.4 Å². The number of H-pyrrole nitrogens is 1. The van der Waals surface area contributed by atoms with E-state index in [0.29, 0.717) is 29.8 Å². The van der Waals surface area contributed by atoms with Gasteiger partial charge in [-0.1, -0.05) is 70.3 Å². The van der Waals surface area contributed by atoms with Crippen LogP contribution in [0, 0.1) is 0 Å². The molecule has 7 heteroatoms. The summed E-state index contributed by atoms with van der Waals surface area (Å²) in [6, 6.07) is 9.84. The largest absolute Gasteiger partial charge is 0.489 e. The summed E-state index contributed by atoms with van der Waals surface area (Å²) in [7, 11) is 0. The van der Waals surface area contributed by atoms with Gasteiger partial charge >= 0.3 is 0 Å². The highest BCUT2D eigenvalue weighted by Crippen LogP contribution is 2.37. The molecule has 2 heterocycles. The molecule has 0 aliphatic carbocycles. The molecule has 1 aliphatic rings. The van der Waals surface area contributed by atoms with Crippen LogP contribution in [-0.2, 0) is 6.61 Å². The van der Waals surface area contributed by atoms with Crippen molar-refractivity contribution in [2.45, 2.75) is 72.3 Å². The molecular formula is C29H40ClN3O2S. The number of rotatable bonds is 9. The molecule has 3 N–H and O–H groups in total. The van der Waals surface area contributed by atoms with Crippen molar-refractivity contribution in [3.8, 4) is 5.75 Å². The predicted octanol–water partition coefficient (Wildman–Crippen LogP) is 7.89. The number of nitrogens with zero attached hydrogens (tertiary/aromatic N) is 1. The lowest BCUT2D eigenvalue weighted by Crippen LogP contribution is -2.27. The van der Waals surface area contributed by atoms with Gasteiger partial charge in [0.25, 0.3) is 5.91 Å². The van der Waals surface area contributed by atoms with Gasteiger partial charge in [-0.2, -0.15) is 0 Å². The van der Waals surface area contributed by atoms with E-state index in [9.17, 15) is 4.79 Å². The number of halogens is 1. The first kappa shape index (κ1) is 28.4. The summed E-state index contributed by atoms with van der Waals surface area (Å²) in [4.78, 5) is 15.6. The lowest BCUT2D eigenvalue weighted by atomic mass is 9.89. The van der Waals surface area contributed by atoms with E-state index in [2.05, 4.69) is 36.1 Å². The second-order valence-electron chi connectivity index (χ2n) is 9.08. The maximum absolute atomic E-state index is 12.3. The number of hydrogen-bond donors (Lipinski definition) is 2. The van der Waals surface area contributed by atoms with E-state index >= 15 is 0 Å². The number of carbonyl (C=O) groups is 1. The molecule has 1 fully saturated rings. The Morgan fingerprint density at radius 2 is 1.94 bits per heavy atom. The minimum absolute atomic E-state index is 0.384. The Kier molecular flexibility index (Phi) is 10.6. The maximum Gasteiger partial charge on any atom is 0.250 e. The number of carbonyl (C=O) groups excluding carboxylic acids is 1. The highest BCUT2D eigenvalue weighted by atomic mass is 35.5. The topological polar surface area (TPSA) is 71.3 Å². The number of piperidine rings is 1. The van der Waals surface area contributed by atoms with Crippen LogP contribution in [0.2, 0.25) is 5.02 Å². The molecule has 1 unspecified atom stereocenters. The summed E-state index contributed by atoms with van der Waals surface area (Å²) in [6.07, 6.45) is 5.26. The number of nitrogens with two attached hydrogens (primary N) is 1. The molecule has 5 nitrogen and oxygen atoms in total. The summed E-state index contributed by atoms with van der Waals surface area (Å²) >= 11 is 8.32. The normalized spacial score (nSPS) is 15.4. The lowest BCUT2D eigenvalue weighted by molar-refractivity contribution is 0.100. The number of fused-ring (bicyclic) bond motifs is 1. The van der Waals surface area contributed by atoms with Gasteiger partial charge in [0.05, 0.1) is 11.1 Å². The molecule has 0 radical (unpaired) electrons. The number of amides is 1. The van der Waals surface area contributed by atoms with Crippen LogP contribution in [0.15, 0.2) is 36.5 Å². The van der Waals surface area contributed by atoms with Gasteiger partial charge in [-0.25, -0.2) is 0 Å². The minimum Gasteiger partial charge on any atom is -0.489 e. The number of aromatic nitrogens is 1. The Morgan fingerprint density at radius 3 is 2.58 bits per heavy atom. The third kappa shape index (κ3) is 6.58. The summed E-state index contributed by atoms with van der Waals surface area (Å²) in [6.45, 7) is 13.1. The van der Waals surface area contributed by atoms with Crippen LogP contribution < -0.4 is 10.5 Å². The Bertz CT molecular complexity index is 1150. The number of benzene rings is 2. The predicted molar refractivity (Wildman–Crippen MR) is 154 cm³/mol. The van der Waals surface area contributed by atoms with Crippen molar-refractivity contribution in [1.29, 1.82) is 0 Å². The van der Waals surface area contributed by atoms with E-state index < -0.39 is 5.91 Å². The molecule has 1 amide bonds. The van der Waals surface area contributed by atoms with Crippen LogP contribution >= 0.6 is 23.5 Å². The van der Waals surface area contributed by atoms with Gasteiger partial charge in [0.15, 0.2) is 0 Å². The third-order valence-electron chi connectivity index (χ3n) is 6.87. The highest BCUT2D eigenvalue weighted by Gasteiger charge is 2.24. The van der Waals surface area contributed by atoms with E-state index in [-0.39, 0.29) is 0 Å². The van der Waals surface area contributed by atoms with Gasteiger partial charge in [0.2, 0.25) is 0 Å². The van der Waals surface area contributed by atoms with Crippen LogP contribution in [-0.4, -0.2) is 34.0 Å². The smallest absolute Gasteiger partial charge is 0.250 e. The zero-order valence-corrected chi connectivity index (χ0v) is 23.8. The molecule has 1 aliphatic heterocycles. The molecular weight excluding hydrogens is 490 g/mol. The highest BCUT2D eigenvalue weighted by molar-refractivity contribution is 7.96. The van der Waals surface area contributed by atoms with Crippen molar-refractivity contribution < 1.29 is 9.53 Å². The Balaban J connectivity index is 0.00000176. The summed E-state index contributed by atoms with van der Waals surface area (Å²) in [5.74, 6) is 2.14. The Hall–Kier alpha value is -2.15. The van der Waals surface area contributed by atoms with Crippen LogP contribution in [0.5, 0.6) is 5.75 Å². The molecule has 0 spiro atoms. The van der Waals surface area contributed by atoms with Gasteiger partial charge in [-0.05, 0) is 66.0 Å². The molecule has 2 aromatic carbocycles. The molecule has 3 aromatic rings. The van der Waals surface area contributed by atoms with E-state index in [1.165, 1.54) is 5.56 Å². The summed E-state index contributed by atoms with van der Waals surface area (Å²) in [5.41, 5.74) is 10.4.